The van der Waals surface area contributed by atoms with Gasteiger partial charge in [-0.3, -0.25) is 4.79 Å². The maximum absolute atomic E-state index is 12.3. The third-order valence-electron chi connectivity index (χ3n) is 7.04. The normalized spacial score (nSPS) is 14.4. The average Bonchev–Trinajstić information content (AvgIpc) is 3.55. The van der Waals surface area contributed by atoms with Gasteiger partial charge in [0.15, 0.2) is 5.78 Å². The lowest BCUT2D eigenvalue weighted by Crippen LogP contribution is -2.02. The fraction of sp³-hybridized carbons (Fsp3) is 0.290. The molecule has 1 aliphatic carbocycles. The number of hydrogen-bond donors (Lipinski definition) is 3. The molecule has 3 N–H and O–H groups in total. The summed E-state index contributed by atoms with van der Waals surface area (Å²) in [5, 5.41) is 15.9. The molecule has 7 rings (SSSR count). The molecular weight excluding hydrogens is 523 g/mol. The van der Waals surface area contributed by atoms with Crippen molar-refractivity contribution in [3.05, 3.63) is 81.5 Å². The highest BCUT2D eigenvalue weighted by molar-refractivity contribution is 7.18. The number of anilines is 2. The highest BCUT2D eigenvalue weighted by Gasteiger charge is 2.27. The van der Waals surface area contributed by atoms with Gasteiger partial charge in [0.25, 0.3) is 0 Å². The van der Waals surface area contributed by atoms with E-state index in [2.05, 4.69) is 41.0 Å². The highest BCUT2D eigenvalue weighted by atomic mass is 32.1. The molecule has 4 heterocycles. The molecular formula is C31H32BN2O3S2. The summed E-state index contributed by atoms with van der Waals surface area (Å²) in [6, 6.07) is 20.4. The Morgan fingerprint density at radius 2 is 1.28 bits per heavy atom. The first kappa shape index (κ1) is 28.6. The van der Waals surface area contributed by atoms with Crippen LogP contribution in [0.25, 0.3) is 20.9 Å². The largest absolute Gasteiger partial charge is 0.477 e. The van der Waals surface area contributed by atoms with Crippen LogP contribution in [-0.4, -0.2) is 38.4 Å². The number of benzene rings is 2. The Morgan fingerprint density at radius 3 is 1.79 bits per heavy atom. The number of thiophene rings is 2. The van der Waals surface area contributed by atoms with Gasteiger partial charge in [-0.25, -0.2) is 4.79 Å². The maximum atomic E-state index is 12.3. The third-order valence-corrected chi connectivity index (χ3v) is 9.49. The summed E-state index contributed by atoms with van der Waals surface area (Å²) in [6.07, 6.45) is 5.09. The van der Waals surface area contributed by atoms with Crippen molar-refractivity contribution in [2.75, 3.05) is 23.7 Å². The summed E-state index contributed by atoms with van der Waals surface area (Å²) in [5.41, 5.74) is 7.09. The van der Waals surface area contributed by atoms with Gasteiger partial charge in [0, 0.05) is 60.2 Å². The SMILES string of the molecule is C.O=C(CC1CC1)c1cc2c(s1)-c1ccccc1NCC2.O=C(O)c1cc2c(s1)-c1ccccc1NCC2.[B]. The van der Waals surface area contributed by atoms with Crippen molar-refractivity contribution >= 4 is 54.2 Å². The summed E-state index contributed by atoms with van der Waals surface area (Å²) in [6.45, 7) is 1.79. The molecule has 4 aromatic rings. The minimum absolute atomic E-state index is 0. The van der Waals surface area contributed by atoms with E-state index in [4.69, 9.17) is 5.11 Å². The standard InChI is InChI=1S/C17H17NOS.C13H11NO2S.CH4.B/c19-15(9-11-5-6-11)16-10-12-7-8-18-14-4-2-1-3-13(14)17(12)20-16;15-13(16)11-7-8-5-6-14-10-4-2-1-3-9(10)12(8)17-11;;/h1-4,10-11,18H,5-9H2;1-4,7,14H,5-6H2,(H,15,16);1H4;. The minimum atomic E-state index is -0.839. The molecule has 2 aliphatic heterocycles. The highest BCUT2D eigenvalue weighted by Crippen LogP contribution is 2.41. The van der Waals surface area contributed by atoms with E-state index in [1.807, 2.05) is 24.3 Å². The molecule has 1 saturated carbocycles. The van der Waals surface area contributed by atoms with Crippen LogP contribution in [0.4, 0.5) is 11.4 Å². The number of para-hydroxylation sites is 2. The number of nitrogens with one attached hydrogen (secondary N) is 2. The smallest absolute Gasteiger partial charge is 0.345 e. The van der Waals surface area contributed by atoms with E-state index < -0.39 is 5.97 Å². The Hall–Kier alpha value is -3.36. The van der Waals surface area contributed by atoms with Gasteiger partial charge in [0.1, 0.15) is 4.88 Å². The molecule has 2 aromatic carbocycles. The van der Waals surface area contributed by atoms with Crippen LogP contribution in [0.5, 0.6) is 0 Å². The Labute approximate surface area is 239 Å². The van der Waals surface area contributed by atoms with Crippen LogP contribution >= 0.6 is 22.7 Å². The zero-order valence-electron chi connectivity index (χ0n) is 21.0. The lowest BCUT2D eigenvalue weighted by Gasteiger charge is -2.06. The molecule has 0 spiro atoms. The van der Waals surface area contributed by atoms with Crippen molar-refractivity contribution in [3.63, 3.8) is 0 Å². The quantitative estimate of drug-likeness (QED) is 0.178. The van der Waals surface area contributed by atoms with Gasteiger partial charge in [-0.15, -0.1) is 22.7 Å². The molecule has 0 saturated heterocycles. The second-order valence-electron chi connectivity index (χ2n) is 9.75. The van der Waals surface area contributed by atoms with Crippen LogP contribution < -0.4 is 10.6 Å². The number of hydrogen-bond acceptors (Lipinski definition) is 6. The van der Waals surface area contributed by atoms with Crippen LogP contribution in [0.2, 0.25) is 0 Å². The summed E-state index contributed by atoms with van der Waals surface area (Å²) in [4.78, 5) is 27.1. The molecule has 199 valence electrons. The molecule has 0 atom stereocenters. The number of aromatic carboxylic acids is 1. The molecule has 39 heavy (non-hydrogen) atoms. The number of fused-ring (bicyclic) bond motifs is 6. The van der Waals surface area contributed by atoms with Crippen LogP contribution in [0.15, 0.2) is 60.7 Å². The summed E-state index contributed by atoms with van der Waals surface area (Å²) >= 11 is 3.04. The van der Waals surface area contributed by atoms with Crippen LogP contribution in [-0.2, 0) is 12.8 Å². The van der Waals surface area contributed by atoms with E-state index in [1.54, 1.807) is 17.4 Å². The van der Waals surface area contributed by atoms with E-state index in [0.29, 0.717) is 16.6 Å². The number of carbonyl (C=O) groups excluding carboxylic acids is 1. The van der Waals surface area contributed by atoms with Crippen LogP contribution in [0.3, 0.4) is 0 Å². The van der Waals surface area contributed by atoms with Crippen LogP contribution in [0.1, 0.15) is 57.2 Å². The number of carboxylic acids is 1. The van der Waals surface area contributed by atoms with Gasteiger partial charge in [-0.2, -0.15) is 0 Å². The van der Waals surface area contributed by atoms with Crippen molar-refractivity contribution in [1.29, 1.82) is 0 Å². The predicted molar refractivity (Wildman–Crippen MR) is 165 cm³/mol. The summed E-state index contributed by atoms with van der Waals surface area (Å²) in [5.74, 6) is 0.169. The second-order valence-corrected chi connectivity index (χ2v) is 11.9. The Balaban J connectivity index is 0.000000174. The first-order valence-electron chi connectivity index (χ1n) is 12.8. The first-order valence-corrected chi connectivity index (χ1v) is 14.4. The fourth-order valence-electron chi connectivity index (χ4n) is 4.95. The Kier molecular flexibility index (Phi) is 8.98. The van der Waals surface area contributed by atoms with Gasteiger partial charge in [0.05, 0.1) is 4.88 Å². The Bertz CT molecular complexity index is 1490. The second kappa shape index (κ2) is 12.2. The number of Topliss-reactive ketones (excluding diaryl/α,β-unsaturated/α-hetero) is 1. The van der Waals surface area contributed by atoms with Crippen molar-refractivity contribution in [2.45, 2.75) is 39.5 Å². The molecule has 3 radical (unpaired) electrons. The maximum Gasteiger partial charge on any atom is 0.345 e. The van der Waals surface area contributed by atoms with Crippen molar-refractivity contribution in [2.24, 2.45) is 5.92 Å². The third kappa shape index (κ3) is 6.12. The number of ketones is 1. The number of carbonyl (C=O) groups is 2. The van der Waals surface area contributed by atoms with Crippen molar-refractivity contribution in [3.8, 4) is 20.9 Å². The van der Waals surface area contributed by atoms with E-state index in [0.717, 1.165) is 58.9 Å². The molecule has 1 fully saturated rings. The summed E-state index contributed by atoms with van der Waals surface area (Å²) < 4.78 is 0. The number of carboxylic acid groups (broad SMARTS) is 1. The van der Waals surface area contributed by atoms with Gasteiger partial charge in [-0.05, 0) is 67.0 Å². The zero-order valence-corrected chi connectivity index (χ0v) is 22.6. The van der Waals surface area contributed by atoms with Gasteiger partial charge in [-0.1, -0.05) is 43.8 Å². The molecule has 2 aromatic heterocycles. The predicted octanol–water partition coefficient (Wildman–Crippen LogP) is 7.70. The average molecular weight is 556 g/mol. The molecule has 0 amide bonds. The lowest BCUT2D eigenvalue weighted by molar-refractivity contribution is 0.0701. The van der Waals surface area contributed by atoms with Crippen LogP contribution in [0, 0.1) is 5.92 Å². The van der Waals surface area contributed by atoms with Gasteiger partial charge < -0.3 is 15.7 Å². The zero-order chi connectivity index (χ0) is 25.4. The van der Waals surface area contributed by atoms with Gasteiger partial charge >= 0.3 is 5.97 Å². The molecule has 3 aliphatic rings. The minimum Gasteiger partial charge on any atom is -0.477 e. The molecule has 0 bridgehead atoms. The lowest BCUT2D eigenvalue weighted by atomic mass is 10.1. The first-order chi connectivity index (χ1) is 18.1. The molecule has 0 unspecified atom stereocenters. The van der Waals surface area contributed by atoms with Crippen molar-refractivity contribution in [1.82, 2.24) is 0 Å². The van der Waals surface area contributed by atoms with E-state index in [1.165, 1.54) is 45.9 Å². The number of rotatable bonds is 4. The monoisotopic (exact) mass is 555 g/mol. The van der Waals surface area contributed by atoms with E-state index >= 15 is 0 Å². The fourth-order valence-corrected chi connectivity index (χ4v) is 7.23. The van der Waals surface area contributed by atoms with Crippen molar-refractivity contribution < 1.29 is 14.7 Å². The summed E-state index contributed by atoms with van der Waals surface area (Å²) in [7, 11) is 0. The molecule has 5 nitrogen and oxygen atoms in total. The topological polar surface area (TPSA) is 78.4 Å². The molecule has 8 heteroatoms. The van der Waals surface area contributed by atoms with E-state index in [9.17, 15) is 9.59 Å². The Morgan fingerprint density at radius 1 is 0.795 bits per heavy atom. The van der Waals surface area contributed by atoms with E-state index in [-0.39, 0.29) is 15.8 Å². The van der Waals surface area contributed by atoms with Gasteiger partial charge in [0.2, 0.25) is 0 Å².